The van der Waals surface area contributed by atoms with E-state index in [2.05, 4.69) is 27.9 Å². The van der Waals surface area contributed by atoms with E-state index in [4.69, 9.17) is 16.6 Å². The number of thiazole rings is 1. The second-order valence-electron chi connectivity index (χ2n) is 5.30. The van der Waals surface area contributed by atoms with E-state index >= 15 is 0 Å². The Bertz CT molecular complexity index is 575. The number of hydrogen-bond acceptors (Lipinski definition) is 5. The number of rotatable bonds is 5. The standard InChI is InChI=1S/C15H20ClN3S2/c1-2-3-13(19-6-4-17-5-7-19)15-18-12(10-21-15)11-8-14(16)20-9-11/h8-10,13,17H,2-7H2,1H3. The highest BCUT2D eigenvalue weighted by Gasteiger charge is 2.24. The molecule has 0 saturated carbocycles. The highest BCUT2D eigenvalue weighted by molar-refractivity contribution is 7.14. The Morgan fingerprint density at radius 3 is 2.81 bits per heavy atom. The van der Waals surface area contributed by atoms with Gasteiger partial charge in [-0.15, -0.1) is 22.7 Å². The van der Waals surface area contributed by atoms with E-state index in [1.807, 2.05) is 6.07 Å². The summed E-state index contributed by atoms with van der Waals surface area (Å²) >= 11 is 9.38. The van der Waals surface area contributed by atoms with Crippen molar-refractivity contribution in [1.29, 1.82) is 0 Å². The zero-order chi connectivity index (χ0) is 14.7. The highest BCUT2D eigenvalue weighted by atomic mass is 35.5. The molecule has 3 nitrogen and oxygen atoms in total. The first-order chi connectivity index (χ1) is 10.3. The third-order valence-electron chi connectivity index (χ3n) is 3.82. The molecule has 6 heteroatoms. The lowest BCUT2D eigenvalue weighted by Crippen LogP contribution is -2.45. The first-order valence-corrected chi connectivity index (χ1v) is 9.56. The minimum Gasteiger partial charge on any atom is -0.314 e. The molecule has 21 heavy (non-hydrogen) atoms. The van der Waals surface area contributed by atoms with Gasteiger partial charge < -0.3 is 5.32 Å². The van der Waals surface area contributed by atoms with Crippen LogP contribution in [0.5, 0.6) is 0 Å². The zero-order valence-corrected chi connectivity index (χ0v) is 14.5. The molecular weight excluding hydrogens is 322 g/mol. The lowest BCUT2D eigenvalue weighted by atomic mass is 10.1. The number of aromatic nitrogens is 1. The van der Waals surface area contributed by atoms with Gasteiger partial charge >= 0.3 is 0 Å². The Morgan fingerprint density at radius 1 is 1.33 bits per heavy atom. The first kappa shape index (κ1) is 15.4. The van der Waals surface area contributed by atoms with E-state index in [9.17, 15) is 0 Å². The summed E-state index contributed by atoms with van der Waals surface area (Å²) in [5.41, 5.74) is 2.21. The molecule has 0 spiro atoms. The molecule has 0 aromatic carbocycles. The molecule has 3 heterocycles. The highest BCUT2D eigenvalue weighted by Crippen LogP contribution is 2.34. The fourth-order valence-electron chi connectivity index (χ4n) is 2.75. The summed E-state index contributed by atoms with van der Waals surface area (Å²) in [6, 6.07) is 2.47. The molecule has 1 unspecified atom stereocenters. The number of nitrogens with zero attached hydrogens (tertiary/aromatic N) is 2. The molecule has 1 N–H and O–H groups in total. The lowest BCUT2D eigenvalue weighted by Gasteiger charge is -2.33. The van der Waals surface area contributed by atoms with Crippen LogP contribution in [0.2, 0.25) is 4.34 Å². The summed E-state index contributed by atoms with van der Waals surface area (Å²) in [6.45, 7) is 6.65. The molecule has 1 aliphatic rings. The van der Waals surface area contributed by atoms with Gasteiger partial charge in [0.05, 0.1) is 16.1 Å². The van der Waals surface area contributed by atoms with Crippen LogP contribution in [0, 0.1) is 0 Å². The molecule has 1 aliphatic heterocycles. The second kappa shape index (κ2) is 7.20. The van der Waals surface area contributed by atoms with Crippen LogP contribution in [-0.2, 0) is 0 Å². The maximum Gasteiger partial charge on any atom is 0.110 e. The van der Waals surface area contributed by atoms with Crippen molar-refractivity contribution < 1.29 is 0 Å². The van der Waals surface area contributed by atoms with E-state index in [1.165, 1.54) is 17.8 Å². The number of thiophene rings is 1. The van der Waals surface area contributed by atoms with Gasteiger partial charge in [-0.25, -0.2) is 4.98 Å². The maximum absolute atomic E-state index is 6.03. The molecular formula is C15H20ClN3S2. The van der Waals surface area contributed by atoms with Crippen LogP contribution in [0.4, 0.5) is 0 Å². The van der Waals surface area contributed by atoms with Gasteiger partial charge in [-0.3, -0.25) is 4.90 Å². The molecule has 0 radical (unpaired) electrons. The van der Waals surface area contributed by atoms with Crippen LogP contribution in [0.3, 0.4) is 0 Å². The van der Waals surface area contributed by atoms with E-state index in [0.717, 1.165) is 41.8 Å². The second-order valence-corrected chi connectivity index (χ2v) is 7.73. The smallest absolute Gasteiger partial charge is 0.110 e. The average Bonchev–Trinajstić information content (AvgIpc) is 3.14. The van der Waals surface area contributed by atoms with Crippen LogP contribution < -0.4 is 5.32 Å². The normalized spacial score (nSPS) is 18.0. The van der Waals surface area contributed by atoms with Crippen LogP contribution >= 0.6 is 34.3 Å². The van der Waals surface area contributed by atoms with Gasteiger partial charge in [-0.2, -0.15) is 0 Å². The van der Waals surface area contributed by atoms with Crippen LogP contribution in [-0.4, -0.2) is 36.1 Å². The number of nitrogens with one attached hydrogen (secondary N) is 1. The summed E-state index contributed by atoms with van der Waals surface area (Å²) in [4.78, 5) is 7.47. The Morgan fingerprint density at radius 2 is 2.14 bits per heavy atom. The first-order valence-electron chi connectivity index (χ1n) is 7.42. The molecule has 0 aliphatic carbocycles. The summed E-state index contributed by atoms with van der Waals surface area (Å²) in [6.07, 6.45) is 2.37. The Hall–Kier alpha value is -0.460. The van der Waals surface area contributed by atoms with Gasteiger partial charge in [0, 0.05) is 42.5 Å². The Labute approximate surface area is 139 Å². The topological polar surface area (TPSA) is 28.2 Å². The van der Waals surface area contributed by atoms with Crippen molar-refractivity contribution >= 4 is 34.3 Å². The Balaban J connectivity index is 1.81. The van der Waals surface area contributed by atoms with E-state index in [1.54, 1.807) is 22.7 Å². The molecule has 0 bridgehead atoms. The number of piperazine rings is 1. The zero-order valence-electron chi connectivity index (χ0n) is 12.1. The van der Waals surface area contributed by atoms with Gasteiger partial charge in [0.25, 0.3) is 0 Å². The quantitative estimate of drug-likeness (QED) is 0.880. The third kappa shape index (κ3) is 3.66. The molecule has 1 saturated heterocycles. The number of halogens is 1. The summed E-state index contributed by atoms with van der Waals surface area (Å²) < 4.78 is 0.826. The van der Waals surface area contributed by atoms with Crippen LogP contribution in [0.25, 0.3) is 11.3 Å². The summed E-state index contributed by atoms with van der Waals surface area (Å²) in [5, 5.41) is 8.92. The molecule has 3 rings (SSSR count). The van der Waals surface area contributed by atoms with Gasteiger partial charge in [-0.05, 0) is 12.5 Å². The van der Waals surface area contributed by atoms with Crippen molar-refractivity contribution in [1.82, 2.24) is 15.2 Å². The molecule has 1 atom stereocenters. The average molecular weight is 342 g/mol. The molecule has 0 amide bonds. The van der Waals surface area contributed by atoms with E-state index in [0.29, 0.717) is 6.04 Å². The van der Waals surface area contributed by atoms with Crippen molar-refractivity contribution in [2.24, 2.45) is 0 Å². The number of hydrogen-bond donors (Lipinski definition) is 1. The SMILES string of the molecule is CCCC(c1nc(-c2csc(Cl)c2)cs1)N1CCNCC1. The van der Waals surface area contributed by atoms with Crippen LogP contribution in [0.1, 0.15) is 30.8 Å². The van der Waals surface area contributed by atoms with Gasteiger partial charge in [-0.1, -0.05) is 24.9 Å². The largest absolute Gasteiger partial charge is 0.314 e. The van der Waals surface area contributed by atoms with Gasteiger partial charge in [0.2, 0.25) is 0 Å². The van der Waals surface area contributed by atoms with Gasteiger partial charge in [0.15, 0.2) is 0 Å². The van der Waals surface area contributed by atoms with E-state index < -0.39 is 0 Å². The van der Waals surface area contributed by atoms with E-state index in [-0.39, 0.29) is 0 Å². The predicted octanol–water partition coefficient (Wildman–Crippen LogP) is 4.27. The Kier molecular flexibility index (Phi) is 5.29. The molecule has 114 valence electrons. The lowest BCUT2D eigenvalue weighted by molar-refractivity contribution is 0.164. The van der Waals surface area contributed by atoms with Crippen molar-refractivity contribution in [2.75, 3.05) is 26.2 Å². The van der Waals surface area contributed by atoms with Crippen molar-refractivity contribution in [3.63, 3.8) is 0 Å². The fourth-order valence-corrected chi connectivity index (χ4v) is 4.62. The predicted molar refractivity (Wildman–Crippen MR) is 92.5 cm³/mol. The van der Waals surface area contributed by atoms with Crippen LogP contribution in [0.15, 0.2) is 16.8 Å². The fraction of sp³-hybridized carbons (Fsp3) is 0.533. The summed E-state index contributed by atoms with van der Waals surface area (Å²) in [7, 11) is 0. The molecule has 2 aromatic rings. The molecule has 1 fully saturated rings. The van der Waals surface area contributed by atoms with Gasteiger partial charge in [0.1, 0.15) is 5.01 Å². The van der Waals surface area contributed by atoms with Crippen molar-refractivity contribution in [2.45, 2.75) is 25.8 Å². The minimum atomic E-state index is 0.463. The van der Waals surface area contributed by atoms with Crippen molar-refractivity contribution in [3.05, 3.63) is 26.2 Å². The molecule has 2 aromatic heterocycles. The minimum absolute atomic E-state index is 0.463. The third-order valence-corrected chi connectivity index (χ3v) is 5.86. The van der Waals surface area contributed by atoms with Crippen molar-refractivity contribution in [3.8, 4) is 11.3 Å². The monoisotopic (exact) mass is 341 g/mol. The summed E-state index contributed by atoms with van der Waals surface area (Å²) in [5.74, 6) is 0. The maximum atomic E-state index is 6.03.